The van der Waals surface area contributed by atoms with Crippen LogP contribution in [0.3, 0.4) is 0 Å². The van der Waals surface area contributed by atoms with Gasteiger partial charge in [-0.3, -0.25) is 4.79 Å². The number of nitrogens with zero attached hydrogens (tertiary/aromatic N) is 1. The topological polar surface area (TPSA) is 78.5 Å². The fourth-order valence-electron chi connectivity index (χ4n) is 1.56. The van der Waals surface area contributed by atoms with Crippen LogP contribution in [-0.4, -0.2) is 58.1 Å². The summed E-state index contributed by atoms with van der Waals surface area (Å²) in [7, 11) is -1.27. The Morgan fingerprint density at radius 1 is 1.21 bits per heavy atom. The Morgan fingerprint density at radius 3 is 2.32 bits per heavy atom. The summed E-state index contributed by atoms with van der Waals surface area (Å²) in [5.41, 5.74) is 0. The normalized spacial score (nSPS) is 11.2. The highest BCUT2D eigenvalue weighted by atomic mass is 35.5. The van der Waals surface area contributed by atoms with E-state index in [1.807, 2.05) is 7.05 Å². The number of rotatable bonds is 10. The minimum absolute atomic E-state index is 0. The van der Waals surface area contributed by atoms with Gasteiger partial charge in [-0.2, -0.15) is 0 Å². The van der Waals surface area contributed by atoms with Gasteiger partial charge in [0.1, 0.15) is 0 Å². The number of hydrogen-bond acceptors (Lipinski definition) is 4. The lowest BCUT2D eigenvalue weighted by Crippen LogP contribution is -2.33. The minimum atomic E-state index is -3.12. The molecule has 0 radical (unpaired) electrons. The van der Waals surface area contributed by atoms with Crippen LogP contribution in [0.15, 0.2) is 0 Å². The van der Waals surface area contributed by atoms with Crippen molar-refractivity contribution in [1.82, 2.24) is 14.9 Å². The zero-order chi connectivity index (χ0) is 14.0. The van der Waals surface area contributed by atoms with E-state index < -0.39 is 10.0 Å². The van der Waals surface area contributed by atoms with Crippen LogP contribution >= 0.6 is 12.4 Å². The lowest BCUT2D eigenvalue weighted by Gasteiger charge is -2.17. The van der Waals surface area contributed by atoms with Gasteiger partial charge in [0.15, 0.2) is 0 Å². The molecule has 0 heterocycles. The smallest absolute Gasteiger partial charge is 0.220 e. The molecule has 19 heavy (non-hydrogen) atoms. The van der Waals surface area contributed by atoms with Crippen molar-refractivity contribution in [2.75, 3.05) is 39.5 Å². The van der Waals surface area contributed by atoms with Gasteiger partial charge < -0.3 is 10.6 Å². The number of carbonyl (C=O) groups is 1. The molecule has 0 aromatic carbocycles. The monoisotopic (exact) mass is 315 g/mol. The van der Waals surface area contributed by atoms with E-state index in [4.69, 9.17) is 0 Å². The van der Waals surface area contributed by atoms with Crippen LogP contribution in [0, 0.1) is 0 Å². The van der Waals surface area contributed by atoms with Crippen LogP contribution in [0.1, 0.15) is 26.2 Å². The van der Waals surface area contributed by atoms with Crippen molar-refractivity contribution < 1.29 is 13.2 Å². The van der Waals surface area contributed by atoms with Crippen molar-refractivity contribution in [3.05, 3.63) is 0 Å². The molecule has 0 saturated carbocycles. The first-order chi connectivity index (χ1) is 8.41. The van der Waals surface area contributed by atoms with E-state index in [1.165, 1.54) is 10.6 Å². The Hall–Kier alpha value is -0.370. The van der Waals surface area contributed by atoms with Gasteiger partial charge in [0.2, 0.25) is 15.9 Å². The number of halogens is 1. The molecule has 0 rings (SSSR count). The summed E-state index contributed by atoms with van der Waals surface area (Å²) in [5, 5.41) is 5.76. The second-order valence-electron chi connectivity index (χ2n) is 4.17. The van der Waals surface area contributed by atoms with Crippen LogP contribution in [0.5, 0.6) is 0 Å². The molecule has 0 bridgehead atoms. The number of hydrogen-bond donors (Lipinski definition) is 2. The second-order valence-corrected chi connectivity index (χ2v) is 6.15. The highest BCUT2D eigenvalue weighted by molar-refractivity contribution is 7.88. The predicted molar refractivity (Wildman–Crippen MR) is 80.1 cm³/mol. The van der Waals surface area contributed by atoms with Crippen LogP contribution in [0.2, 0.25) is 0 Å². The molecule has 0 aliphatic heterocycles. The van der Waals surface area contributed by atoms with Crippen molar-refractivity contribution in [2.24, 2.45) is 0 Å². The van der Waals surface area contributed by atoms with Crippen molar-refractivity contribution in [3.8, 4) is 0 Å². The van der Waals surface area contributed by atoms with E-state index in [0.717, 1.165) is 13.0 Å². The highest BCUT2D eigenvalue weighted by Gasteiger charge is 2.13. The Bertz CT molecular complexity index is 336. The SMILES string of the molecule is CCN(CCCNC(=O)CCCNC)S(C)(=O)=O.Cl. The lowest BCUT2D eigenvalue weighted by atomic mass is 10.3. The van der Waals surface area contributed by atoms with Gasteiger partial charge in [0.05, 0.1) is 6.26 Å². The summed E-state index contributed by atoms with van der Waals surface area (Å²) < 4.78 is 24.0. The number of carbonyl (C=O) groups excluding carboxylic acids is 1. The maximum absolute atomic E-state index is 11.4. The zero-order valence-electron chi connectivity index (χ0n) is 11.9. The van der Waals surface area contributed by atoms with Gasteiger partial charge in [-0.25, -0.2) is 12.7 Å². The molecule has 0 spiro atoms. The summed E-state index contributed by atoms with van der Waals surface area (Å²) in [5.74, 6) is 0.0210. The molecule has 0 aromatic heterocycles. The largest absolute Gasteiger partial charge is 0.356 e. The van der Waals surface area contributed by atoms with Crippen LogP contribution in [-0.2, 0) is 14.8 Å². The first-order valence-corrected chi connectivity index (χ1v) is 8.13. The summed E-state index contributed by atoms with van der Waals surface area (Å²) in [6, 6.07) is 0. The Labute approximate surface area is 122 Å². The number of amides is 1. The van der Waals surface area contributed by atoms with E-state index in [2.05, 4.69) is 10.6 Å². The minimum Gasteiger partial charge on any atom is -0.356 e. The summed E-state index contributed by atoms with van der Waals surface area (Å²) in [4.78, 5) is 11.4. The molecule has 116 valence electrons. The Morgan fingerprint density at radius 2 is 1.84 bits per heavy atom. The van der Waals surface area contributed by atoms with E-state index >= 15 is 0 Å². The van der Waals surface area contributed by atoms with Crippen LogP contribution < -0.4 is 10.6 Å². The average molecular weight is 316 g/mol. The predicted octanol–water partition coefficient (Wildman–Crippen LogP) is 0.196. The molecule has 6 nitrogen and oxygen atoms in total. The summed E-state index contributed by atoms with van der Waals surface area (Å²) in [6.45, 7) is 4.06. The third-order valence-corrected chi connectivity index (χ3v) is 3.94. The maximum Gasteiger partial charge on any atom is 0.220 e. The quantitative estimate of drug-likeness (QED) is 0.564. The van der Waals surface area contributed by atoms with Crippen molar-refractivity contribution in [3.63, 3.8) is 0 Å². The fraction of sp³-hybridized carbons (Fsp3) is 0.909. The summed E-state index contributed by atoms with van der Waals surface area (Å²) >= 11 is 0. The second kappa shape index (κ2) is 11.5. The van der Waals surface area contributed by atoms with E-state index in [-0.39, 0.29) is 18.3 Å². The zero-order valence-corrected chi connectivity index (χ0v) is 13.6. The lowest BCUT2D eigenvalue weighted by molar-refractivity contribution is -0.121. The molecular formula is C11H26ClN3O3S. The molecule has 2 N–H and O–H groups in total. The van der Waals surface area contributed by atoms with Gasteiger partial charge in [0.25, 0.3) is 0 Å². The Balaban J connectivity index is 0. The molecule has 0 atom stereocenters. The van der Waals surface area contributed by atoms with Gasteiger partial charge in [-0.15, -0.1) is 12.4 Å². The van der Waals surface area contributed by atoms with Gasteiger partial charge >= 0.3 is 0 Å². The molecular weight excluding hydrogens is 290 g/mol. The molecule has 0 aromatic rings. The molecule has 0 saturated heterocycles. The molecule has 8 heteroatoms. The summed E-state index contributed by atoms with van der Waals surface area (Å²) in [6.07, 6.45) is 3.16. The van der Waals surface area contributed by atoms with E-state index in [9.17, 15) is 13.2 Å². The van der Waals surface area contributed by atoms with E-state index in [0.29, 0.717) is 32.5 Å². The van der Waals surface area contributed by atoms with Gasteiger partial charge in [-0.1, -0.05) is 6.92 Å². The fourth-order valence-corrected chi connectivity index (χ4v) is 2.49. The van der Waals surface area contributed by atoms with Crippen molar-refractivity contribution >= 4 is 28.3 Å². The van der Waals surface area contributed by atoms with Crippen LogP contribution in [0.4, 0.5) is 0 Å². The van der Waals surface area contributed by atoms with E-state index in [1.54, 1.807) is 6.92 Å². The molecule has 1 amide bonds. The maximum atomic E-state index is 11.4. The standard InChI is InChI=1S/C11H25N3O3S.ClH/c1-4-14(18(3,16)17)10-6-9-13-11(15)7-5-8-12-2;/h12H,4-10H2,1-3H3,(H,13,15);1H. The first-order valence-electron chi connectivity index (χ1n) is 6.28. The average Bonchev–Trinajstić information content (AvgIpc) is 2.27. The van der Waals surface area contributed by atoms with Crippen molar-refractivity contribution in [2.45, 2.75) is 26.2 Å². The molecule has 0 aliphatic rings. The molecule has 0 fully saturated rings. The first kappa shape index (κ1) is 20.9. The van der Waals surface area contributed by atoms with Crippen LogP contribution in [0.25, 0.3) is 0 Å². The van der Waals surface area contributed by atoms with Crippen molar-refractivity contribution in [1.29, 1.82) is 0 Å². The number of nitrogens with one attached hydrogen (secondary N) is 2. The highest BCUT2D eigenvalue weighted by Crippen LogP contribution is 1.98. The van der Waals surface area contributed by atoms with Gasteiger partial charge in [-0.05, 0) is 26.4 Å². The third-order valence-electron chi connectivity index (χ3n) is 2.56. The van der Waals surface area contributed by atoms with Gasteiger partial charge in [0, 0.05) is 26.1 Å². The number of sulfonamides is 1. The molecule has 0 aliphatic carbocycles. The Kier molecular flexibility index (Phi) is 12.6. The molecule has 0 unspecified atom stereocenters. The third kappa shape index (κ3) is 11.2.